The number of carbonyl (C=O) groups excluding carboxylic acids is 1. The highest BCUT2D eigenvalue weighted by Crippen LogP contribution is 2.30. The van der Waals surface area contributed by atoms with Gasteiger partial charge < -0.3 is 14.8 Å². The molecule has 2 rings (SSSR count). The second-order valence-electron chi connectivity index (χ2n) is 6.12. The number of hydrogen-bond donors (Lipinski definition) is 1. The van der Waals surface area contributed by atoms with E-state index in [1.54, 1.807) is 25.1 Å². The van der Waals surface area contributed by atoms with Crippen LogP contribution in [-0.4, -0.2) is 41.3 Å². The Morgan fingerprint density at radius 3 is 2.36 bits per heavy atom. The van der Waals surface area contributed by atoms with Gasteiger partial charge >= 0.3 is 0 Å². The summed E-state index contributed by atoms with van der Waals surface area (Å²) >= 11 is 0. The van der Waals surface area contributed by atoms with E-state index in [4.69, 9.17) is 9.47 Å². The Labute approximate surface area is 164 Å². The molecule has 152 valence electrons. The number of halogens is 1. The van der Waals surface area contributed by atoms with E-state index in [1.165, 1.54) is 32.4 Å². The standard InChI is InChI=1S/C19H23FN2O5S/c1-13(14-9-10-17(26-2)18(11-14)27-3)21-19(23)12-22(28(4,24)25)16-8-6-5-7-15(16)20/h5-11,13H,12H2,1-4H3,(H,21,23)/t13-/m0/s1. The molecule has 0 spiro atoms. The Morgan fingerprint density at radius 1 is 1.14 bits per heavy atom. The minimum absolute atomic E-state index is 0.182. The summed E-state index contributed by atoms with van der Waals surface area (Å²) in [5.41, 5.74) is 0.557. The van der Waals surface area contributed by atoms with E-state index in [1.807, 2.05) is 0 Å². The average molecular weight is 410 g/mol. The lowest BCUT2D eigenvalue weighted by molar-refractivity contribution is -0.120. The highest BCUT2D eigenvalue weighted by atomic mass is 32.2. The molecule has 7 nitrogen and oxygen atoms in total. The molecule has 0 radical (unpaired) electrons. The van der Waals surface area contributed by atoms with Crippen molar-refractivity contribution in [2.45, 2.75) is 13.0 Å². The summed E-state index contributed by atoms with van der Waals surface area (Å²) < 4.78 is 49.4. The van der Waals surface area contributed by atoms with Crippen molar-refractivity contribution in [1.82, 2.24) is 5.32 Å². The first-order valence-corrected chi connectivity index (χ1v) is 10.3. The first-order chi connectivity index (χ1) is 13.2. The molecule has 0 aliphatic heterocycles. The third-order valence-corrected chi connectivity index (χ3v) is 5.22. The van der Waals surface area contributed by atoms with Crippen LogP contribution < -0.4 is 19.1 Å². The SMILES string of the molecule is COc1ccc([C@H](C)NC(=O)CN(c2ccccc2F)S(C)(=O)=O)cc1OC. The van der Waals surface area contributed by atoms with Crippen LogP contribution in [0, 0.1) is 5.82 Å². The number of anilines is 1. The van der Waals surface area contributed by atoms with Crippen LogP contribution in [-0.2, 0) is 14.8 Å². The fraction of sp³-hybridized carbons (Fsp3) is 0.316. The van der Waals surface area contributed by atoms with Gasteiger partial charge in [-0.05, 0) is 36.8 Å². The molecule has 1 atom stereocenters. The molecule has 0 fully saturated rings. The Hall–Kier alpha value is -2.81. The van der Waals surface area contributed by atoms with E-state index in [-0.39, 0.29) is 5.69 Å². The summed E-state index contributed by atoms with van der Waals surface area (Å²) in [4.78, 5) is 12.5. The number of benzene rings is 2. The van der Waals surface area contributed by atoms with Crippen LogP contribution in [0.3, 0.4) is 0 Å². The smallest absolute Gasteiger partial charge is 0.241 e. The van der Waals surface area contributed by atoms with Crippen LogP contribution in [0.15, 0.2) is 42.5 Å². The maximum Gasteiger partial charge on any atom is 0.241 e. The van der Waals surface area contributed by atoms with Gasteiger partial charge in [0.05, 0.1) is 32.2 Å². The van der Waals surface area contributed by atoms with Crippen molar-refractivity contribution in [2.75, 3.05) is 31.3 Å². The van der Waals surface area contributed by atoms with Crippen LogP contribution in [0.25, 0.3) is 0 Å². The zero-order valence-electron chi connectivity index (χ0n) is 16.1. The number of para-hydroxylation sites is 1. The zero-order chi connectivity index (χ0) is 20.9. The molecule has 1 N–H and O–H groups in total. The highest BCUT2D eigenvalue weighted by molar-refractivity contribution is 7.92. The van der Waals surface area contributed by atoms with Crippen LogP contribution in [0.1, 0.15) is 18.5 Å². The lowest BCUT2D eigenvalue weighted by Crippen LogP contribution is -2.41. The van der Waals surface area contributed by atoms with Crippen molar-refractivity contribution >= 4 is 21.6 Å². The molecule has 0 heterocycles. The zero-order valence-corrected chi connectivity index (χ0v) is 16.9. The number of ether oxygens (including phenoxy) is 2. The molecule has 2 aromatic rings. The quantitative estimate of drug-likeness (QED) is 0.723. The fourth-order valence-electron chi connectivity index (χ4n) is 2.66. The number of amides is 1. The monoisotopic (exact) mass is 410 g/mol. The molecular formula is C19H23FN2O5S. The van der Waals surface area contributed by atoms with Crippen molar-refractivity contribution in [3.05, 3.63) is 53.8 Å². The molecule has 9 heteroatoms. The number of carbonyl (C=O) groups is 1. The number of nitrogens with one attached hydrogen (secondary N) is 1. The molecule has 0 saturated heterocycles. The summed E-state index contributed by atoms with van der Waals surface area (Å²) in [7, 11) is -0.837. The summed E-state index contributed by atoms with van der Waals surface area (Å²) in [5, 5.41) is 2.71. The van der Waals surface area contributed by atoms with Gasteiger partial charge in [-0.2, -0.15) is 0 Å². The Kier molecular flexibility index (Phi) is 6.85. The van der Waals surface area contributed by atoms with E-state index in [0.29, 0.717) is 11.5 Å². The molecule has 0 unspecified atom stereocenters. The van der Waals surface area contributed by atoms with Gasteiger partial charge in [0.1, 0.15) is 12.4 Å². The molecule has 2 aromatic carbocycles. The van der Waals surface area contributed by atoms with Crippen LogP contribution >= 0.6 is 0 Å². The number of methoxy groups -OCH3 is 2. The normalized spacial score (nSPS) is 12.2. The van der Waals surface area contributed by atoms with Crippen LogP contribution in [0.5, 0.6) is 11.5 Å². The highest BCUT2D eigenvalue weighted by Gasteiger charge is 2.24. The van der Waals surface area contributed by atoms with Crippen molar-refractivity contribution in [3.8, 4) is 11.5 Å². The summed E-state index contributed by atoms with van der Waals surface area (Å²) in [6.45, 7) is 1.20. The molecule has 0 bridgehead atoms. The number of rotatable bonds is 8. The predicted octanol–water partition coefficient (Wildman–Crippen LogP) is 2.49. The van der Waals surface area contributed by atoms with Gasteiger partial charge in [-0.3, -0.25) is 9.10 Å². The molecule has 0 aromatic heterocycles. The number of nitrogens with zero attached hydrogens (tertiary/aromatic N) is 1. The van der Waals surface area contributed by atoms with Gasteiger partial charge in [-0.25, -0.2) is 12.8 Å². The minimum Gasteiger partial charge on any atom is -0.493 e. The molecule has 0 saturated carbocycles. The number of hydrogen-bond acceptors (Lipinski definition) is 5. The second-order valence-corrected chi connectivity index (χ2v) is 8.03. The van der Waals surface area contributed by atoms with Crippen molar-refractivity contribution in [1.29, 1.82) is 0 Å². The van der Waals surface area contributed by atoms with E-state index >= 15 is 0 Å². The lowest BCUT2D eigenvalue weighted by Gasteiger charge is -2.23. The van der Waals surface area contributed by atoms with E-state index in [0.717, 1.165) is 22.2 Å². The van der Waals surface area contributed by atoms with Gasteiger partial charge in [-0.15, -0.1) is 0 Å². The van der Waals surface area contributed by atoms with Crippen LogP contribution in [0.4, 0.5) is 10.1 Å². The van der Waals surface area contributed by atoms with Crippen molar-refractivity contribution in [3.63, 3.8) is 0 Å². The van der Waals surface area contributed by atoms with Crippen LogP contribution in [0.2, 0.25) is 0 Å². The van der Waals surface area contributed by atoms with Gasteiger partial charge in [0.2, 0.25) is 15.9 Å². The topological polar surface area (TPSA) is 84.9 Å². The predicted molar refractivity (Wildman–Crippen MR) is 105 cm³/mol. The largest absolute Gasteiger partial charge is 0.493 e. The van der Waals surface area contributed by atoms with Gasteiger partial charge in [-0.1, -0.05) is 18.2 Å². The lowest BCUT2D eigenvalue weighted by atomic mass is 10.1. The van der Waals surface area contributed by atoms with Gasteiger partial charge in [0, 0.05) is 0 Å². The molecule has 1 amide bonds. The minimum atomic E-state index is -3.86. The van der Waals surface area contributed by atoms with E-state index in [9.17, 15) is 17.6 Å². The number of sulfonamides is 1. The van der Waals surface area contributed by atoms with Gasteiger partial charge in [0.15, 0.2) is 11.5 Å². The third-order valence-electron chi connectivity index (χ3n) is 4.09. The van der Waals surface area contributed by atoms with Crippen molar-refractivity contribution in [2.24, 2.45) is 0 Å². The Bertz CT molecular complexity index is 949. The molecule has 0 aliphatic carbocycles. The third kappa shape index (κ3) is 5.13. The first-order valence-electron chi connectivity index (χ1n) is 8.41. The molecule has 28 heavy (non-hydrogen) atoms. The second kappa shape index (κ2) is 8.92. The van der Waals surface area contributed by atoms with E-state index in [2.05, 4.69) is 5.32 Å². The molecule has 0 aliphatic rings. The maximum absolute atomic E-state index is 14.0. The summed E-state index contributed by atoms with van der Waals surface area (Å²) in [5.74, 6) is -0.248. The van der Waals surface area contributed by atoms with Gasteiger partial charge in [0.25, 0.3) is 0 Å². The summed E-state index contributed by atoms with van der Waals surface area (Å²) in [6, 6.07) is 10.1. The fourth-order valence-corrected chi connectivity index (χ4v) is 3.52. The first kappa shape index (κ1) is 21.5. The Morgan fingerprint density at radius 2 is 1.79 bits per heavy atom. The maximum atomic E-state index is 14.0. The van der Waals surface area contributed by atoms with E-state index < -0.39 is 34.3 Å². The molecular weight excluding hydrogens is 387 g/mol. The Balaban J connectivity index is 2.18. The average Bonchev–Trinajstić information content (AvgIpc) is 2.65. The summed E-state index contributed by atoms with van der Waals surface area (Å²) in [6.07, 6.45) is 0.921. The van der Waals surface area contributed by atoms with Crippen molar-refractivity contribution < 1.29 is 27.1 Å².